The molecule has 2 amide bonds. The van der Waals surface area contributed by atoms with E-state index in [9.17, 15) is 9.59 Å². The van der Waals surface area contributed by atoms with Gasteiger partial charge >= 0.3 is 0 Å². The Balaban J connectivity index is 1.34. The van der Waals surface area contributed by atoms with Crippen molar-refractivity contribution in [3.05, 3.63) is 69.7 Å². The fourth-order valence-electron chi connectivity index (χ4n) is 5.10. The molecule has 1 unspecified atom stereocenters. The third kappa shape index (κ3) is 6.15. The molecule has 1 atom stereocenters. The standard InChI is InChI=1S/C27H34ClN3O2/c1-20-15-21(2)17-24(16-20)27(33)31-11-3-5-23(19-31)26(32)30-12-4-10-29(13-14-30)18-22-6-8-25(28)9-7-22/h6-9,15-17,23H,3-5,10-14,18-19H2,1-2H3. The molecule has 5 nitrogen and oxygen atoms in total. The number of hydrogen-bond acceptors (Lipinski definition) is 3. The van der Waals surface area contributed by atoms with Crippen molar-refractivity contribution in [3.63, 3.8) is 0 Å². The monoisotopic (exact) mass is 467 g/mol. The number of likely N-dealkylation sites (tertiary alicyclic amines) is 1. The molecule has 0 radical (unpaired) electrons. The second-order valence-corrected chi connectivity index (χ2v) is 9.98. The molecular weight excluding hydrogens is 434 g/mol. The van der Waals surface area contributed by atoms with Crippen LogP contribution in [0.1, 0.15) is 46.3 Å². The van der Waals surface area contributed by atoms with Gasteiger partial charge in [-0.15, -0.1) is 0 Å². The smallest absolute Gasteiger partial charge is 0.253 e. The fourth-order valence-corrected chi connectivity index (χ4v) is 5.23. The molecule has 2 aromatic carbocycles. The molecule has 0 aromatic heterocycles. The van der Waals surface area contributed by atoms with E-state index in [1.807, 2.05) is 47.9 Å². The molecule has 2 aliphatic heterocycles. The molecule has 0 bridgehead atoms. The van der Waals surface area contributed by atoms with Crippen LogP contribution in [0.3, 0.4) is 0 Å². The third-order valence-electron chi connectivity index (χ3n) is 6.75. The van der Waals surface area contributed by atoms with Gasteiger partial charge in [-0.05, 0) is 62.9 Å². The van der Waals surface area contributed by atoms with E-state index < -0.39 is 0 Å². The van der Waals surface area contributed by atoms with Gasteiger partial charge in [0.2, 0.25) is 5.91 Å². The Morgan fingerprint density at radius 1 is 0.879 bits per heavy atom. The summed E-state index contributed by atoms with van der Waals surface area (Å²) < 4.78 is 0. The number of halogens is 1. The second-order valence-electron chi connectivity index (χ2n) is 9.55. The van der Waals surface area contributed by atoms with Gasteiger partial charge in [0, 0.05) is 56.4 Å². The maximum absolute atomic E-state index is 13.4. The van der Waals surface area contributed by atoms with Crippen molar-refractivity contribution >= 4 is 23.4 Å². The quantitative estimate of drug-likeness (QED) is 0.662. The lowest BCUT2D eigenvalue weighted by Gasteiger charge is -2.35. The van der Waals surface area contributed by atoms with Crippen LogP contribution in [0.5, 0.6) is 0 Å². The summed E-state index contributed by atoms with van der Waals surface area (Å²) in [5.74, 6) is 0.155. The number of aryl methyl sites for hydroxylation is 2. The van der Waals surface area contributed by atoms with E-state index in [1.54, 1.807) is 0 Å². The number of hydrogen-bond donors (Lipinski definition) is 0. The zero-order chi connectivity index (χ0) is 23.4. The molecule has 4 rings (SSSR count). The Morgan fingerprint density at radius 3 is 2.30 bits per heavy atom. The minimum Gasteiger partial charge on any atom is -0.341 e. The number of piperidine rings is 1. The van der Waals surface area contributed by atoms with Gasteiger partial charge in [0.05, 0.1) is 5.92 Å². The van der Waals surface area contributed by atoms with Gasteiger partial charge in [-0.2, -0.15) is 0 Å². The summed E-state index contributed by atoms with van der Waals surface area (Å²) in [6.45, 7) is 9.54. The predicted octanol–water partition coefficient (Wildman–Crippen LogP) is 4.54. The first-order valence-corrected chi connectivity index (χ1v) is 12.4. The Morgan fingerprint density at radius 2 is 1.58 bits per heavy atom. The van der Waals surface area contributed by atoms with Gasteiger partial charge in [-0.1, -0.05) is 40.9 Å². The molecule has 0 saturated carbocycles. The van der Waals surface area contributed by atoms with Gasteiger partial charge in [0.25, 0.3) is 5.91 Å². The Bertz CT molecular complexity index is 971. The lowest BCUT2D eigenvalue weighted by atomic mass is 9.95. The van der Waals surface area contributed by atoms with Gasteiger partial charge < -0.3 is 9.80 Å². The maximum Gasteiger partial charge on any atom is 0.253 e. The average molecular weight is 468 g/mol. The lowest BCUT2D eigenvalue weighted by Crippen LogP contribution is -2.47. The van der Waals surface area contributed by atoms with Crippen LogP contribution in [0, 0.1) is 19.8 Å². The number of benzene rings is 2. The van der Waals surface area contributed by atoms with Gasteiger partial charge in [0.15, 0.2) is 0 Å². The van der Waals surface area contributed by atoms with E-state index in [1.165, 1.54) is 5.56 Å². The molecule has 2 heterocycles. The molecular formula is C27H34ClN3O2. The van der Waals surface area contributed by atoms with Crippen molar-refractivity contribution in [2.45, 2.75) is 39.7 Å². The summed E-state index contributed by atoms with van der Waals surface area (Å²) >= 11 is 6.00. The largest absolute Gasteiger partial charge is 0.341 e. The van der Waals surface area contributed by atoms with E-state index in [-0.39, 0.29) is 17.7 Å². The van der Waals surface area contributed by atoms with Crippen LogP contribution in [0.4, 0.5) is 0 Å². The summed E-state index contributed by atoms with van der Waals surface area (Å²) in [6.07, 6.45) is 2.71. The first-order chi connectivity index (χ1) is 15.9. The average Bonchev–Trinajstić information content (AvgIpc) is 3.04. The number of carbonyl (C=O) groups excluding carboxylic acids is 2. The van der Waals surface area contributed by atoms with E-state index >= 15 is 0 Å². The molecule has 176 valence electrons. The Labute approximate surface area is 202 Å². The van der Waals surface area contributed by atoms with Crippen molar-refractivity contribution in [1.29, 1.82) is 0 Å². The third-order valence-corrected chi connectivity index (χ3v) is 7.00. The minimum atomic E-state index is -0.101. The van der Waals surface area contributed by atoms with Crippen molar-refractivity contribution in [3.8, 4) is 0 Å². The zero-order valence-corrected chi connectivity index (χ0v) is 20.5. The summed E-state index contributed by atoms with van der Waals surface area (Å²) in [5, 5.41) is 0.754. The predicted molar refractivity (Wildman–Crippen MR) is 132 cm³/mol. The first-order valence-electron chi connectivity index (χ1n) is 12.0. The normalized spacial score (nSPS) is 19.9. The molecule has 0 aliphatic carbocycles. The molecule has 0 N–H and O–H groups in total. The van der Waals surface area contributed by atoms with E-state index in [0.29, 0.717) is 6.54 Å². The second kappa shape index (κ2) is 10.7. The van der Waals surface area contributed by atoms with Crippen LogP contribution in [0.15, 0.2) is 42.5 Å². The molecule has 33 heavy (non-hydrogen) atoms. The van der Waals surface area contributed by atoms with Gasteiger partial charge in [-0.3, -0.25) is 14.5 Å². The highest BCUT2D eigenvalue weighted by Gasteiger charge is 2.32. The molecule has 2 fully saturated rings. The van der Waals surface area contributed by atoms with Gasteiger partial charge in [0.1, 0.15) is 0 Å². The highest BCUT2D eigenvalue weighted by atomic mass is 35.5. The van der Waals surface area contributed by atoms with Crippen molar-refractivity contribution in [2.24, 2.45) is 5.92 Å². The van der Waals surface area contributed by atoms with E-state index in [2.05, 4.69) is 23.1 Å². The Kier molecular flexibility index (Phi) is 7.71. The SMILES string of the molecule is Cc1cc(C)cc(C(=O)N2CCCC(C(=O)N3CCCN(Cc4ccc(Cl)cc4)CC3)C2)c1. The fraction of sp³-hybridized carbons (Fsp3) is 0.481. The highest BCUT2D eigenvalue weighted by Crippen LogP contribution is 2.23. The molecule has 0 spiro atoms. The molecule has 2 aromatic rings. The highest BCUT2D eigenvalue weighted by molar-refractivity contribution is 6.30. The number of nitrogens with zero attached hydrogens (tertiary/aromatic N) is 3. The first kappa shape index (κ1) is 23.8. The van der Waals surface area contributed by atoms with E-state index in [4.69, 9.17) is 11.6 Å². The lowest BCUT2D eigenvalue weighted by molar-refractivity contribution is -0.136. The zero-order valence-electron chi connectivity index (χ0n) is 19.7. The number of carbonyl (C=O) groups is 2. The van der Waals surface area contributed by atoms with E-state index in [0.717, 1.165) is 80.2 Å². The van der Waals surface area contributed by atoms with Crippen LogP contribution >= 0.6 is 11.6 Å². The van der Waals surface area contributed by atoms with Crippen LogP contribution < -0.4 is 0 Å². The number of amides is 2. The Hall–Kier alpha value is -2.37. The summed E-state index contributed by atoms with van der Waals surface area (Å²) in [4.78, 5) is 32.8. The van der Waals surface area contributed by atoms with Crippen molar-refractivity contribution in [2.75, 3.05) is 39.3 Å². The van der Waals surface area contributed by atoms with Gasteiger partial charge in [-0.25, -0.2) is 0 Å². The topological polar surface area (TPSA) is 43.9 Å². The van der Waals surface area contributed by atoms with Crippen LogP contribution in [-0.2, 0) is 11.3 Å². The molecule has 2 aliphatic rings. The van der Waals surface area contributed by atoms with Crippen molar-refractivity contribution in [1.82, 2.24) is 14.7 Å². The summed E-state index contributed by atoms with van der Waals surface area (Å²) in [7, 11) is 0. The molecule has 6 heteroatoms. The summed E-state index contributed by atoms with van der Waals surface area (Å²) in [6, 6.07) is 14.0. The maximum atomic E-state index is 13.4. The van der Waals surface area contributed by atoms with Crippen LogP contribution in [0.25, 0.3) is 0 Å². The number of rotatable bonds is 4. The summed E-state index contributed by atoms with van der Waals surface area (Å²) in [5.41, 5.74) is 4.16. The van der Waals surface area contributed by atoms with Crippen LogP contribution in [0.2, 0.25) is 5.02 Å². The minimum absolute atomic E-state index is 0.0457. The van der Waals surface area contributed by atoms with Crippen molar-refractivity contribution < 1.29 is 9.59 Å². The molecule has 2 saturated heterocycles. The van der Waals surface area contributed by atoms with Crippen LogP contribution in [-0.4, -0.2) is 65.8 Å².